The number of hydrogen-bond donors (Lipinski definition) is 2. The van der Waals surface area contributed by atoms with Crippen LogP contribution in [0.25, 0.3) is 0 Å². The van der Waals surface area contributed by atoms with E-state index in [4.69, 9.17) is 5.11 Å². The van der Waals surface area contributed by atoms with Crippen LogP contribution in [0.5, 0.6) is 0 Å². The standard InChI is InChI=1S/C12H20N2O4S/c1-2-10-14(9(7-19-10)11(16)17)12(18)13-4-3-8(5-13)6-15/h8-10,15H,2-7H2,1H3,(H,16,17). The SMILES string of the molecule is CCC1SCC(C(=O)O)N1C(=O)N1CCC(CO)C1. The Morgan fingerprint density at radius 3 is 2.68 bits per heavy atom. The lowest BCUT2D eigenvalue weighted by atomic mass is 10.1. The van der Waals surface area contributed by atoms with Gasteiger partial charge in [-0.05, 0) is 12.8 Å². The normalized spacial score (nSPS) is 30.9. The third-order valence-corrected chi connectivity index (χ3v) is 5.22. The van der Waals surface area contributed by atoms with Gasteiger partial charge in [0.2, 0.25) is 0 Å². The molecule has 0 bridgehead atoms. The molecule has 2 saturated heterocycles. The van der Waals surface area contributed by atoms with Crippen molar-refractivity contribution in [2.24, 2.45) is 5.92 Å². The van der Waals surface area contributed by atoms with Gasteiger partial charge in [-0.15, -0.1) is 11.8 Å². The predicted octanol–water partition coefficient (Wildman–Crippen LogP) is 0.659. The molecular formula is C12H20N2O4S. The lowest BCUT2D eigenvalue weighted by Gasteiger charge is -2.31. The number of nitrogens with zero attached hydrogens (tertiary/aromatic N) is 2. The quantitative estimate of drug-likeness (QED) is 0.797. The number of carbonyl (C=O) groups excluding carboxylic acids is 1. The number of rotatable bonds is 3. The number of aliphatic hydroxyl groups excluding tert-OH is 1. The molecule has 2 aliphatic heterocycles. The van der Waals surface area contributed by atoms with E-state index in [1.165, 1.54) is 16.7 Å². The van der Waals surface area contributed by atoms with E-state index in [2.05, 4.69) is 0 Å². The average molecular weight is 288 g/mol. The summed E-state index contributed by atoms with van der Waals surface area (Å²) in [6, 6.07) is -0.921. The molecule has 3 atom stereocenters. The molecule has 2 rings (SSSR count). The molecule has 0 radical (unpaired) electrons. The molecule has 2 amide bonds. The molecule has 6 nitrogen and oxygen atoms in total. The van der Waals surface area contributed by atoms with Crippen LogP contribution in [0.15, 0.2) is 0 Å². The van der Waals surface area contributed by atoms with E-state index in [-0.39, 0.29) is 23.9 Å². The summed E-state index contributed by atoms with van der Waals surface area (Å²) < 4.78 is 0. The van der Waals surface area contributed by atoms with Crippen molar-refractivity contribution in [1.82, 2.24) is 9.80 Å². The summed E-state index contributed by atoms with van der Waals surface area (Å²) in [7, 11) is 0. The zero-order valence-electron chi connectivity index (χ0n) is 11.0. The number of likely N-dealkylation sites (tertiary alicyclic amines) is 1. The summed E-state index contributed by atoms with van der Waals surface area (Å²) in [5, 5.41) is 18.3. The van der Waals surface area contributed by atoms with Crippen LogP contribution in [0.4, 0.5) is 4.79 Å². The van der Waals surface area contributed by atoms with Crippen LogP contribution in [0.2, 0.25) is 0 Å². The highest BCUT2D eigenvalue weighted by Gasteiger charge is 2.43. The molecule has 2 N–H and O–H groups in total. The predicted molar refractivity (Wildman–Crippen MR) is 72.0 cm³/mol. The fourth-order valence-corrected chi connectivity index (χ4v) is 3.98. The zero-order chi connectivity index (χ0) is 14.0. The van der Waals surface area contributed by atoms with E-state index >= 15 is 0 Å². The van der Waals surface area contributed by atoms with Gasteiger partial charge in [-0.1, -0.05) is 6.92 Å². The minimum atomic E-state index is -0.935. The lowest BCUT2D eigenvalue weighted by molar-refractivity contribution is -0.141. The van der Waals surface area contributed by atoms with Crippen LogP contribution < -0.4 is 0 Å². The molecule has 7 heteroatoms. The second-order valence-corrected chi connectivity index (χ2v) is 6.23. The topological polar surface area (TPSA) is 81.1 Å². The first-order chi connectivity index (χ1) is 9.08. The minimum Gasteiger partial charge on any atom is -0.480 e. The number of carbonyl (C=O) groups is 2. The number of urea groups is 1. The van der Waals surface area contributed by atoms with Gasteiger partial charge in [0.1, 0.15) is 6.04 Å². The number of aliphatic hydroxyl groups is 1. The molecule has 0 aliphatic carbocycles. The smallest absolute Gasteiger partial charge is 0.327 e. The number of carboxylic acids is 1. The fourth-order valence-electron chi connectivity index (χ4n) is 2.64. The highest BCUT2D eigenvalue weighted by molar-refractivity contribution is 8.00. The summed E-state index contributed by atoms with van der Waals surface area (Å²) in [5.74, 6) is -0.353. The summed E-state index contributed by atoms with van der Waals surface area (Å²) >= 11 is 1.53. The number of aliphatic carboxylic acids is 1. The Morgan fingerprint density at radius 2 is 2.16 bits per heavy atom. The Hall–Kier alpha value is -0.950. The van der Waals surface area contributed by atoms with Crippen LogP contribution in [0.1, 0.15) is 19.8 Å². The van der Waals surface area contributed by atoms with Crippen molar-refractivity contribution in [3.05, 3.63) is 0 Å². The molecule has 2 aliphatic rings. The van der Waals surface area contributed by atoms with Crippen molar-refractivity contribution in [3.8, 4) is 0 Å². The number of carboxylic acid groups (broad SMARTS) is 1. The summed E-state index contributed by atoms with van der Waals surface area (Å²) in [5.41, 5.74) is 0. The lowest BCUT2D eigenvalue weighted by Crippen LogP contribution is -2.51. The Kier molecular flexibility index (Phi) is 4.57. The maximum absolute atomic E-state index is 12.5. The molecule has 108 valence electrons. The van der Waals surface area contributed by atoms with Crippen LogP contribution in [0, 0.1) is 5.92 Å². The van der Waals surface area contributed by atoms with E-state index < -0.39 is 12.0 Å². The molecule has 0 aromatic carbocycles. The third kappa shape index (κ3) is 2.81. The van der Waals surface area contributed by atoms with Gasteiger partial charge in [0.05, 0.1) is 5.37 Å². The van der Waals surface area contributed by atoms with Gasteiger partial charge in [0, 0.05) is 31.4 Å². The summed E-state index contributed by atoms with van der Waals surface area (Å²) in [6.07, 6.45) is 1.54. The first-order valence-electron chi connectivity index (χ1n) is 6.61. The van der Waals surface area contributed by atoms with Crippen molar-refractivity contribution in [1.29, 1.82) is 0 Å². The van der Waals surface area contributed by atoms with Crippen LogP contribution in [-0.4, -0.2) is 68.9 Å². The Balaban J connectivity index is 2.08. The zero-order valence-corrected chi connectivity index (χ0v) is 11.8. The summed E-state index contributed by atoms with van der Waals surface area (Å²) in [4.78, 5) is 26.9. The molecule has 3 unspecified atom stereocenters. The monoisotopic (exact) mass is 288 g/mol. The number of thioether (sulfide) groups is 1. The Bertz CT molecular complexity index is 366. The largest absolute Gasteiger partial charge is 0.480 e. The molecule has 0 saturated carbocycles. The van der Waals surface area contributed by atoms with Crippen molar-refractivity contribution in [2.75, 3.05) is 25.4 Å². The third-order valence-electron chi connectivity index (χ3n) is 3.76. The molecule has 0 spiro atoms. The van der Waals surface area contributed by atoms with Gasteiger partial charge in [-0.25, -0.2) is 9.59 Å². The molecular weight excluding hydrogens is 268 g/mol. The maximum Gasteiger partial charge on any atom is 0.327 e. The van der Waals surface area contributed by atoms with Gasteiger partial charge in [0.15, 0.2) is 0 Å². The molecule has 0 aromatic rings. The van der Waals surface area contributed by atoms with Crippen LogP contribution in [-0.2, 0) is 4.79 Å². The van der Waals surface area contributed by atoms with E-state index in [1.54, 1.807) is 4.90 Å². The fraction of sp³-hybridized carbons (Fsp3) is 0.833. The molecule has 2 heterocycles. The second-order valence-electron chi connectivity index (χ2n) is 5.02. The van der Waals surface area contributed by atoms with Crippen molar-refractivity contribution in [3.63, 3.8) is 0 Å². The first-order valence-corrected chi connectivity index (χ1v) is 7.65. The van der Waals surface area contributed by atoms with Crippen LogP contribution >= 0.6 is 11.8 Å². The number of amides is 2. The average Bonchev–Trinajstić information content (AvgIpc) is 3.03. The molecule has 2 fully saturated rings. The first kappa shape index (κ1) is 14.5. The van der Waals surface area contributed by atoms with E-state index in [9.17, 15) is 14.7 Å². The second kappa shape index (κ2) is 6.00. The molecule has 19 heavy (non-hydrogen) atoms. The highest BCUT2D eigenvalue weighted by atomic mass is 32.2. The van der Waals surface area contributed by atoms with Crippen LogP contribution in [0.3, 0.4) is 0 Å². The van der Waals surface area contributed by atoms with E-state index in [0.29, 0.717) is 18.8 Å². The van der Waals surface area contributed by atoms with E-state index in [1.807, 2.05) is 6.92 Å². The van der Waals surface area contributed by atoms with Crippen molar-refractivity contribution >= 4 is 23.8 Å². The minimum absolute atomic E-state index is 0.0539. The van der Waals surface area contributed by atoms with Crippen molar-refractivity contribution < 1.29 is 19.8 Å². The maximum atomic E-state index is 12.5. The van der Waals surface area contributed by atoms with E-state index in [0.717, 1.165) is 12.8 Å². The van der Waals surface area contributed by atoms with Gasteiger partial charge in [-0.2, -0.15) is 0 Å². The highest BCUT2D eigenvalue weighted by Crippen LogP contribution is 2.33. The summed E-state index contributed by atoms with van der Waals surface area (Å²) in [6.45, 7) is 3.17. The Labute approximate surface area is 116 Å². The Morgan fingerprint density at radius 1 is 1.42 bits per heavy atom. The van der Waals surface area contributed by atoms with Crippen molar-refractivity contribution in [2.45, 2.75) is 31.2 Å². The number of hydrogen-bond acceptors (Lipinski definition) is 4. The van der Waals surface area contributed by atoms with Gasteiger partial charge < -0.3 is 15.1 Å². The van der Waals surface area contributed by atoms with Gasteiger partial charge in [-0.3, -0.25) is 4.90 Å². The molecule has 0 aromatic heterocycles. The van der Waals surface area contributed by atoms with Gasteiger partial charge in [0.25, 0.3) is 0 Å². The van der Waals surface area contributed by atoms with Gasteiger partial charge >= 0.3 is 12.0 Å².